The van der Waals surface area contributed by atoms with Gasteiger partial charge < -0.3 is 0 Å². The Hall–Kier alpha value is -1.49. The zero-order valence-electron chi connectivity index (χ0n) is 10.9. The first-order chi connectivity index (χ1) is 9.29. The molecule has 0 aromatic heterocycles. The van der Waals surface area contributed by atoms with E-state index >= 15 is 0 Å². The molecule has 0 heterocycles. The average molecular weight is 300 g/mol. The molecular formula is C15H12F4S. The zero-order valence-corrected chi connectivity index (χ0v) is 11.7. The van der Waals surface area contributed by atoms with Gasteiger partial charge in [-0.25, -0.2) is 4.39 Å². The molecule has 0 unspecified atom stereocenters. The van der Waals surface area contributed by atoms with Crippen molar-refractivity contribution < 1.29 is 17.6 Å². The summed E-state index contributed by atoms with van der Waals surface area (Å²) in [5.74, 6) is -1.24. The third-order valence-electron chi connectivity index (χ3n) is 2.81. The second-order valence-electron chi connectivity index (χ2n) is 4.48. The minimum atomic E-state index is -4.70. The number of benzene rings is 2. The van der Waals surface area contributed by atoms with E-state index in [4.69, 9.17) is 0 Å². The van der Waals surface area contributed by atoms with E-state index < -0.39 is 17.6 Å². The van der Waals surface area contributed by atoms with Crippen molar-refractivity contribution in [3.63, 3.8) is 0 Å². The lowest BCUT2D eigenvalue weighted by Gasteiger charge is -2.14. The number of hydrogen-bond donors (Lipinski definition) is 0. The van der Waals surface area contributed by atoms with Crippen LogP contribution in [0, 0.1) is 19.7 Å². The predicted octanol–water partition coefficient (Wildman–Crippen LogP) is 5.61. The molecule has 0 bridgehead atoms. The van der Waals surface area contributed by atoms with Crippen molar-refractivity contribution in [1.29, 1.82) is 0 Å². The van der Waals surface area contributed by atoms with Crippen LogP contribution in [0.5, 0.6) is 0 Å². The third kappa shape index (κ3) is 3.15. The van der Waals surface area contributed by atoms with Crippen LogP contribution in [0.1, 0.15) is 16.7 Å². The molecule has 2 aromatic carbocycles. The Bertz CT molecular complexity index is 632. The van der Waals surface area contributed by atoms with Crippen LogP contribution in [0.25, 0.3) is 0 Å². The summed E-state index contributed by atoms with van der Waals surface area (Å²) in [5.41, 5.74) is 0.694. The highest BCUT2D eigenvalue weighted by atomic mass is 32.2. The molecule has 20 heavy (non-hydrogen) atoms. The van der Waals surface area contributed by atoms with Gasteiger partial charge in [0.25, 0.3) is 0 Å². The number of hydrogen-bond acceptors (Lipinski definition) is 1. The van der Waals surface area contributed by atoms with Gasteiger partial charge in [-0.15, -0.1) is 0 Å². The van der Waals surface area contributed by atoms with Crippen molar-refractivity contribution in [3.8, 4) is 0 Å². The van der Waals surface area contributed by atoms with Gasteiger partial charge >= 0.3 is 6.18 Å². The van der Waals surface area contributed by atoms with E-state index in [-0.39, 0.29) is 4.90 Å². The van der Waals surface area contributed by atoms with Crippen LogP contribution in [0.15, 0.2) is 46.2 Å². The fraction of sp³-hybridized carbons (Fsp3) is 0.200. The van der Waals surface area contributed by atoms with Gasteiger partial charge in [-0.2, -0.15) is 13.2 Å². The number of alkyl halides is 3. The Morgan fingerprint density at radius 3 is 2.25 bits per heavy atom. The topological polar surface area (TPSA) is 0 Å². The van der Waals surface area contributed by atoms with E-state index in [9.17, 15) is 17.6 Å². The molecule has 0 fully saturated rings. The second kappa shape index (κ2) is 5.48. The SMILES string of the molecule is Cc1ccc(Sc2cccc(F)c2C(F)(F)F)c(C)c1. The lowest BCUT2D eigenvalue weighted by Crippen LogP contribution is -2.09. The van der Waals surface area contributed by atoms with Crippen LogP contribution in [0.4, 0.5) is 17.6 Å². The maximum absolute atomic E-state index is 13.5. The maximum Gasteiger partial charge on any atom is 0.420 e. The van der Waals surface area contributed by atoms with Crippen molar-refractivity contribution in [2.24, 2.45) is 0 Å². The Kier molecular flexibility index (Phi) is 4.09. The van der Waals surface area contributed by atoms with Crippen LogP contribution in [-0.4, -0.2) is 0 Å². The molecule has 0 N–H and O–H groups in total. The number of rotatable bonds is 2. The van der Waals surface area contributed by atoms with E-state index in [0.29, 0.717) is 4.90 Å². The van der Waals surface area contributed by atoms with Crippen LogP contribution < -0.4 is 0 Å². The fourth-order valence-corrected chi connectivity index (χ4v) is 2.95. The highest BCUT2D eigenvalue weighted by Gasteiger charge is 2.37. The summed E-state index contributed by atoms with van der Waals surface area (Å²) in [5, 5.41) is 0. The summed E-state index contributed by atoms with van der Waals surface area (Å²) in [7, 11) is 0. The molecule has 0 saturated heterocycles. The molecule has 106 valence electrons. The molecule has 0 spiro atoms. The van der Waals surface area contributed by atoms with Gasteiger partial charge in [-0.3, -0.25) is 0 Å². The van der Waals surface area contributed by atoms with Crippen LogP contribution in [0.3, 0.4) is 0 Å². The molecule has 0 aliphatic heterocycles. The van der Waals surface area contributed by atoms with Crippen LogP contribution >= 0.6 is 11.8 Å². The molecule has 2 rings (SSSR count). The lowest BCUT2D eigenvalue weighted by molar-refractivity contribution is -0.142. The predicted molar refractivity (Wildman–Crippen MR) is 71.4 cm³/mol. The maximum atomic E-state index is 13.5. The molecule has 0 aliphatic carbocycles. The van der Waals surface area contributed by atoms with E-state index in [1.54, 1.807) is 6.07 Å². The van der Waals surface area contributed by atoms with Gasteiger partial charge in [0.1, 0.15) is 11.4 Å². The Labute approximate surface area is 118 Å². The highest BCUT2D eigenvalue weighted by molar-refractivity contribution is 7.99. The second-order valence-corrected chi connectivity index (χ2v) is 5.57. The molecule has 0 radical (unpaired) electrons. The van der Waals surface area contributed by atoms with Crippen molar-refractivity contribution in [2.75, 3.05) is 0 Å². The Morgan fingerprint density at radius 2 is 1.65 bits per heavy atom. The molecule has 2 aromatic rings. The number of halogens is 4. The lowest BCUT2D eigenvalue weighted by atomic mass is 10.2. The molecule has 0 atom stereocenters. The van der Waals surface area contributed by atoms with Gasteiger partial charge in [0, 0.05) is 9.79 Å². The first-order valence-corrected chi connectivity index (χ1v) is 6.71. The summed E-state index contributed by atoms with van der Waals surface area (Å²) < 4.78 is 52.2. The van der Waals surface area contributed by atoms with Gasteiger partial charge in [0.2, 0.25) is 0 Å². The molecular weight excluding hydrogens is 288 g/mol. The minimum Gasteiger partial charge on any atom is -0.206 e. The largest absolute Gasteiger partial charge is 0.420 e. The average Bonchev–Trinajstić information content (AvgIpc) is 2.31. The first kappa shape index (κ1) is 14.9. The standard InChI is InChI=1S/C15H12F4S/c1-9-6-7-12(10(2)8-9)20-13-5-3-4-11(16)14(13)15(17,18)19/h3-8H,1-2H3. The van der Waals surface area contributed by atoms with Gasteiger partial charge in [0.05, 0.1) is 0 Å². The molecule has 5 heteroatoms. The fourth-order valence-electron chi connectivity index (χ4n) is 1.90. The third-order valence-corrected chi connectivity index (χ3v) is 4.05. The van der Waals surface area contributed by atoms with Gasteiger partial charge in [-0.05, 0) is 37.6 Å². The molecule has 0 saturated carbocycles. The smallest absolute Gasteiger partial charge is 0.206 e. The minimum absolute atomic E-state index is 0.121. The molecule has 0 aliphatic rings. The zero-order chi connectivity index (χ0) is 14.9. The quantitative estimate of drug-likeness (QED) is 0.649. The van der Waals surface area contributed by atoms with E-state index in [2.05, 4.69) is 0 Å². The van der Waals surface area contributed by atoms with Gasteiger partial charge in [-0.1, -0.05) is 35.5 Å². The summed E-state index contributed by atoms with van der Waals surface area (Å²) >= 11 is 0.931. The van der Waals surface area contributed by atoms with Crippen molar-refractivity contribution in [3.05, 3.63) is 58.9 Å². The van der Waals surface area contributed by atoms with E-state index in [0.717, 1.165) is 29.0 Å². The normalized spacial score (nSPS) is 11.7. The van der Waals surface area contributed by atoms with E-state index in [1.807, 2.05) is 26.0 Å². The van der Waals surface area contributed by atoms with Crippen molar-refractivity contribution in [2.45, 2.75) is 29.8 Å². The molecule has 0 amide bonds. The van der Waals surface area contributed by atoms with Crippen LogP contribution in [0.2, 0.25) is 0 Å². The summed E-state index contributed by atoms with van der Waals surface area (Å²) in [6.45, 7) is 3.73. The van der Waals surface area contributed by atoms with Crippen LogP contribution in [-0.2, 0) is 6.18 Å². The highest BCUT2D eigenvalue weighted by Crippen LogP contribution is 2.41. The Balaban J connectivity index is 2.46. The van der Waals surface area contributed by atoms with E-state index in [1.165, 1.54) is 12.1 Å². The van der Waals surface area contributed by atoms with Crippen molar-refractivity contribution in [1.82, 2.24) is 0 Å². The van der Waals surface area contributed by atoms with Gasteiger partial charge in [0.15, 0.2) is 0 Å². The first-order valence-electron chi connectivity index (χ1n) is 5.90. The monoisotopic (exact) mass is 300 g/mol. The Morgan fingerprint density at radius 1 is 0.950 bits per heavy atom. The van der Waals surface area contributed by atoms with Crippen molar-refractivity contribution >= 4 is 11.8 Å². The summed E-state index contributed by atoms with van der Waals surface area (Å²) in [4.78, 5) is 0.566. The summed E-state index contributed by atoms with van der Waals surface area (Å²) in [6.07, 6.45) is -4.70. The number of aryl methyl sites for hydroxylation is 2. The summed E-state index contributed by atoms with van der Waals surface area (Å²) in [6, 6.07) is 8.86. The molecule has 0 nitrogen and oxygen atoms in total.